The van der Waals surface area contributed by atoms with Crippen molar-refractivity contribution >= 4 is 11.7 Å². The first-order valence-electron chi connectivity index (χ1n) is 5.30. The molecule has 0 aromatic carbocycles. The SMILES string of the molecule is CCn1nc(C(=O)NCCN(C)C)cc1N. The zero-order valence-electron chi connectivity index (χ0n) is 10.0. The third kappa shape index (κ3) is 3.23. The van der Waals surface area contributed by atoms with Crippen molar-refractivity contribution in [3.63, 3.8) is 0 Å². The number of aryl methyl sites for hydroxylation is 1. The number of likely N-dealkylation sites (N-methyl/N-ethyl adjacent to an activating group) is 1. The maximum Gasteiger partial charge on any atom is 0.271 e. The van der Waals surface area contributed by atoms with E-state index in [0.717, 1.165) is 6.54 Å². The Kier molecular flexibility index (Phi) is 4.30. The highest BCUT2D eigenvalue weighted by Crippen LogP contribution is 2.05. The number of hydrogen-bond acceptors (Lipinski definition) is 4. The number of rotatable bonds is 5. The van der Waals surface area contributed by atoms with E-state index >= 15 is 0 Å². The molecule has 0 saturated heterocycles. The molecule has 6 nitrogen and oxygen atoms in total. The summed E-state index contributed by atoms with van der Waals surface area (Å²) < 4.78 is 1.60. The lowest BCUT2D eigenvalue weighted by Gasteiger charge is -2.09. The molecule has 1 heterocycles. The number of nitrogens with two attached hydrogens (primary N) is 1. The van der Waals surface area contributed by atoms with Gasteiger partial charge in [-0.2, -0.15) is 5.10 Å². The summed E-state index contributed by atoms with van der Waals surface area (Å²) in [5.74, 6) is 0.334. The number of carbonyl (C=O) groups excluding carboxylic acids is 1. The van der Waals surface area contributed by atoms with Gasteiger partial charge in [-0.15, -0.1) is 0 Å². The predicted octanol–water partition coefficient (Wildman–Crippen LogP) is -0.223. The minimum Gasteiger partial charge on any atom is -0.384 e. The van der Waals surface area contributed by atoms with Crippen LogP contribution in [0.3, 0.4) is 0 Å². The third-order valence-electron chi connectivity index (χ3n) is 2.19. The Labute approximate surface area is 95.4 Å². The highest BCUT2D eigenvalue weighted by molar-refractivity contribution is 5.92. The van der Waals surface area contributed by atoms with Crippen LogP contribution < -0.4 is 11.1 Å². The molecule has 0 aliphatic carbocycles. The maximum atomic E-state index is 11.6. The van der Waals surface area contributed by atoms with Crippen molar-refractivity contribution in [1.82, 2.24) is 20.0 Å². The van der Waals surface area contributed by atoms with Gasteiger partial charge in [0.15, 0.2) is 5.69 Å². The molecular formula is C10H19N5O. The number of hydrogen-bond donors (Lipinski definition) is 2. The van der Waals surface area contributed by atoms with Crippen LogP contribution in [0.15, 0.2) is 6.07 Å². The Bertz CT molecular complexity index is 358. The van der Waals surface area contributed by atoms with Crippen molar-refractivity contribution in [2.24, 2.45) is 0 Å². The molecule has 0 saturated carbocycles. The van der Waals surface area contributed by atoms with E-state index in [2.05, 4.69) is 10.4 Å². The fourth-order valence-electron chi connectivity index (χ4n) is 1.28. The summed E-state index contributed by atoms with van der Waals surface area (Å²) in [4.78, 5) is 13.6. The van der Waals surface area contributed by atoms with Gasteiger partial charge >= 0.3 is 0 Å². The predicted molar refractivity (Wildman–Crippen MR) is 63.2 cm³/mol. The van der Waals surface area contributed by atoms with Gasteiger partial charge in [-0.05, 0) is 21.0 Å². The summed E-state index contributed by atoms with van der Waals surface area (Å²) in [6, 6.07) is 1.59. The highest BCUT2D eigenvalue weighted by Gasteiger charge is 2.11. The quantitative estimate of drug-likeness (QED) is 0.726. The van der Waals surface area contributed by atoms with E-state index in [9.17, 15) is 4.79 Å². The lowest BCUT2D eigenvalue weighted by molar-refractivity contribution is 0.0945. The number of nitrogens with one attached hydrogen (secondary N) is 1. The lowest BCUT2D eigenvalue weighted by Crippen LogP contribution is -2.31. The van der Waals surface area contributed by atoms with Crippen molar-refractivity contribution < 1.29 is 4.79 Å². The van der Waals surface area contributed by atoms with Crippen molar-refractivity contribution in [3.05, 3.63) is 11.8 Å². The van der Waals surface area contributed by atoms with Gasteiger partial charge in [0.2, 0.25) is 0 Å². The first kappa shape index (κ1) is 12.5. The van der Waals surface area contributed by atoms with E-state index in [4.69, 9.17) is 5.73 Å². The summed E-state index contributed by atoms with van der Waals surface area (Å²) in [5.41, 5.74) is 6.05. The molecule has 1 amide bonds. The molecule has 0 spiro atoms. The number of nitrogen functional groups attached to an aromatic ring is 1. The molecule has 0 radical (unpaired) electrons. The number of amides is 1. The Balaban J connectivity index is 2.52. The van der Waals surface area contributed by atoms with Gasteiger partial charge < -0.3 is 16.0 Å². The van der Waals surface area contributed by atoms with Crippen LogP contribution in [0, 0.1) is 0 Å². The van der Waals surface area contributed by atoms with Gasteiger partial charge in [0, 0.05) is 25.7 Å². The molecule has 1 aromatic heterocycles. The molecule has 16 heavy (non-hydrogen) atoms. The van der Waals surface area contributed by atoms with Crippen LogP contribution in [0.25, 0.3) is 0 Å². The largest absolute Gasteiger partial charge is 0.384 e. The van der Waals surface area contributed by atoms with E-state index in [1.165, 1.54) is 0 Å². The van der Waals surface area contributed by atoms with Crippen LogP contribution in [-0.4, -0.2) is 47.8 Å². The monoisotopic (exact) mass is 225 g/mol. The zero-order chi connectivity index (χ0) is 12.1. The van der Waals surface area contributed by atoms with E-state index < -0.39 is 0 Å². The normalized spacial score (nSPS) is 10.8. The molecule has 0 unspecified atom stereocenters. The second kappa shape index (κ2) is 5.50. The molecule has 90 valence electrons. The van der Waals surface area contributed by atoms with Gasteiger partial charge in [-0.25, -0.2) is 4.68 Å². The van der Waals surface area contributed by atoms with E-state index in [1.54, 1.807) is 10.7 Å². The third-order valence-corrected chi connectivity index (χ3v) is 2.19. The summed E-state index contributed by atoms with van der Waals surface area (Å²) in [5, 5.41) is 6.87. The topological polar surface area (TPSA) is 76.2 Å². The van der Waals surface area contributed by atoms with E-state index in [-0.39, 0.29) is 5.91 Å². The molecule has 6 heteroatoms. The first-order valence-corrected chi connectivity index (χ1v) is 5.30. The molecule has 3 N–H and O–H groups in total. The van der Waals surface area contributed by atoms with Gasteiger partial charge in [-0.3, -0.25) is 4.79 Å². The molecule has 1 rings (SSSR count). The van der Waals surface area contributed by atoms with Crippen LogP contribution in [0.4, 0.5) is 5.82 Å². The van der Waals surface area contributed by atoms with Crippen LogP contribution in [-0.2, 0) is 6.54 Å². The summed E-state index contributed by atoms with van der Waals surface area (Å²) >= 11 is 0. The number of aromatic nitrogens is 2. The first-order chi connectivity index (χ1) is 7.54. The maximum absolute atomic E-state index is 11.6. The number of anilines is 1. The van der Waals surface area contributed by atoms with E-state index in [0.29, 0.717) is 24.6 Å². The molecule has 0 fully saturated rings. The number of carbonyl (C=O) groups is 1. The number of nitrogens with zero attached hydrogens (tertiary/aromatic N) is 3. The Hall–Kier alpha value is -1.56. The van der Waals surface area contributed by atoms with Crippen molar-refractivity contribution in [3.8, 4) is 0 Å². The molecule has 1 aromatic rings. The lowest BCUT2D eigenvalue weighted by atomic mass is 10.4. The Morgan fingerprint density at radius 2 is 2.31 bits per heavy atom. The summed E-state index contributed by atoms with van der Waals surface area (Å²) in [6.07, 6.45) is 0. The van der Waals surface area contributed by atoms with Crippen molar-refractivity contribution in [2.45, 2.75) is 13.5 Å². The summed E-state index contributed by atoms with van der Waals surface area (Å²) in [7, 11) is 3.91. The van der Waals surface area contributed by atoms with Crippen LogP contribution >= 0.6 is 0 Å². The molecular weight excluding hydrogens is 206 g/mol. The zero-order valence-corrected chi connectivity index (χ0v) is 10.0. The van der Waals surface area contributed by atoms with Crippen LogP contribution in [0.2, 0.25) is 0 Å². The minimum atomic E-state index is -0.180. The van der Waals surface area contributed by atoms with Crippen LogP contribution in [0.5, 0.6) is 0 Å². The fraction of sp³-hybridized carbons (Fsp3) is 0.600. The van der Waals surface area contributed by atoms with Gasteiger partial charge in [0.25, 0.3) is 5.91 Å². The molecule has 0 aliphatic rings. The smallest absolute Gasteiger partial charge is 0.271 e. The Morgan fingerprint density at radius 3 is 2.81 bits per heavy atom. The van der Waals surface area contributed by atoms with Crippen molar-refractivity contribution in [1.29, 1.82) is 0 Å². The van der Waals surface area contributed by atoms with Crippen molar-refractivity contribution in [2.75, 3.05) is 32.9 Å². The highest BCUT2D eigenvalue weighted by atomic mass is 16.1. The van der Waals surface area contributed by atoms with E-state index in [1.807, 2.05) is 25.9 Å². The van der Waals surface area contributed by atoms with Gasteiger partial charge in [0.05, 0.1) is 0 Å². The average molecular weight is 225 g/mol. The second-order valence-corrected chi connectivity index (χ2v) is 3.83. The second-order valence-electron chi connectivity index (χ2n) is 3.83. The fourth-order valence-corrected chi connectivity index (χ4v) is 1.28. The summed E-state index contributed by atoms with van der Waals surface area (Å²) in [6.45, 7) is 3.99. The minimum absolute atomic E-state index is 0.180. The molecule has 0 aliphatic heterocycles. The average Bonchev–Trinajstić information content (AvgIpc) is 2.59. The van der Waals surface area contributed by atoms with Gasteiger partial charge in [-0.1, -0.05) is 0 Å². The molecule has 0 bridgehead atoms. The van der Waals surface area contributed by atoms with Crippen LogP contribution in [0.1, 0.15) is 17.4 Å². The van der Waals surface area contributed by atoms with Gasteiger partial charge in [0.1, 0.15) is 5.82 Å². The molecule has 0 atom stereocenters. The standard InChI is InChI=1S/C10H19N5O/c1-4-15-9(11)7-8(13-15)10(16)12-5-6-14(2)3/h7H,4-6,11H2,1-3H3,(H,12,16). The Morgan fingerprint density at radius 1 is 1.62 bits per heavy atom.